The fourth-order valence-corrected chi connectivity index (χ4v) is 3.72. The van der Waals surface area contributed by atoms with Crippen LogP contribution in [0.5, 0.6) is 0 Å². The van der Waals surface area contributed by atoms with Gasteiger partial charge in [0.25, 0.3) is 5.91 Å². The highest BCUT2D eigenvalue weighted by Crippen LogP contribution is 2.32. The van der Waals surface area contributed by atoms with Gasteiger partial charge in [-0.3, -0.25) is 13.9 Å². The van der Waals surface area contributed by atoms with Crippen molar-refractivity contribution in [2.45, 2.75) is 46.0 Å². The van der Waals surface area contributed by atoms with E-state index in [1.807, 2.05) is 20.8 Å². The predicted molar refractivity (Wildman–Crippen MR) is 90.9 cm³/mol. The number of ether oxygens (including phenoxy) is 2. The number of rotatable bonds is 0. The van der Waals surface area contributed by atoms with Crippen molar-refractivity contribution in [2.75, 3.05) is 26.3 Å². The highest BCUT2D eigenvalue weighted by molar-refractivity contribution is 5.94. The van der Waals surface area contributed by atoms with Crippen LogP contribution >= 0.6 is 0 Å². The van der Waals surface area contributed by atoms with Gasteiger partial charge in [-0.1, -0.05) is 0 Å². The SMILES string of the molecule is CC(C)(C)OC(=O)N1CCn2c(c3n(c2=O)CC2(CNC3=O)COC2)C1. The molecule has 0 radical (unpaired) electrons. The average molecular weight is 364 g/mol. The van der Waals surface area contributed by atoms with Crippen LogP contribution in [0.3, 0.4) is 0 Å². The van der Waals surface area contributed by atoms with Crippen LogP contribution in [0.2, 0.25) is 0 Å². The van der Waals surface area contributed by atoms with Gasteiger partial charge in [-0.25, -0.2) is 9.59 Å². The number of nitrogens with zero attached hydrogens (tertiary/aromatic N) is 3. The van der Waals surface area contributed by atoms with E-state index in [0.29, 0.717) is 50.8 Å². The Labute approximate surface area is 150 Å². The van der Waals surface area contributed by atoms with Gasteiger partial charge in [0.05, 0.1) is 30.9 Å². The van der Waals surface area contributed by atoms with Crippen molar-refractivity contribution in [1.82, 2.24) is 19.4 Å². The third-order valence-electron chi connectivity index (χ3n) is 5.07. The molecule has 0 atom stereocenters. The van der Waals surface area contributed by atoms with Gasteiger partial charge >= 0.3 is 11.8 Å². The van der Waals surface area contributed by atoms with Crippen molar-refractivity contribution >= 4 is 12.0 Å². The second-order valence-electron chi connectivity index (χ2n) is 8.39. The minimum Gasteiger partial charge on any atom is -0.444 e. The number of hydrogen-bond donors (Lipinski definition) is 1. The summed E-state index contributed by atoms with van der Waals surface area (Å²) in [4.78, 5) is 39.5. The normalized spacial score (nSPS) is 21.3. The lowest BCUT2D eigenvalue weighted by Crippen LogP contribution is -2.52. The maximum atomic E-state index is 12.9. The molecule has 0 bridgehead atoms. The Balaban J connectivity index is 1.68. The quantitative estimate of drug-likeness (QED) is 0.708. The molecule has 3 aliphatic rings. The van der Waals surface area contributed by atoms with E-state index in [-0.39, 0.29) is 23.6 Å². The molecular weight excluding hydrogens is 340 g/mol. The second-order valence-corrected chi connectivity index (χ2v) is 8.39. The zero-order chi connectivity index (χ0) is 18.7. The fourth-order valence-electron chi connectivity index (χ4n) is 3.72. The number of carbonyl (C=O) groups excluding carboxylic acids is 2. The lowest BCUT2D eigenvalue weighted by molar-refractivity contribution is -0.117. The Morgan fingerprint density at radius 2 is 1.92 bits per heavy atom. The molecule has 0 unspecified atom stereocenters. The van der Waals surface area contributed by atoms with Crippen LogP contribution in [0.25, 0.3) is 0 Å². The number of fused-ring (bicyclic) bond motifs is 3. The van der Waals surface area contributed by atoms with E-state index in [1.165, 1.54) is 0 Å². The Bertz CT molecular complexity index is 827. The highest BCUT2D eigenvalue weighted by atomic mass is 16.6. The number of imidazole rings is 1. The molecule has 142 valence electrons. The molecule has 4 rings (SSSR count). The second kappa shape index (κ2) is 5.60. The lowest BCUT2D eigenvalue weighted by Gasteiger charge is -2.40. The molecule has 1 aromatic heterocycles. The molecule has 9 heteroatoms. The van der Waals surface area contributed by atoms with Crippen molar-refractivity contribution in [3.63, 3.8) is 0 Å². The van der Waals surface area contributed by atoms with Crippen LogP contribution in [0.15, 0.2) is 4.79 Å². The first kappa shape index (κ1) is 17.1. The van der Waals surface area contributed by atoms with Gasteiger partial charge in [-0.15, -0.1) is 0 Å². The van der Waals surface area contributed by atoms with Crippen LogP contribution in [0, 0.1) is 5.41 Å². The maximum absolute atomic E-state index is 12.9. The summed E-state index contributed by atoms with van der Waals surface area (Å²) in [6, 6.07) is 0. The summed E-state index contributed by atoms with van der Waals surface area (Å²) in [5.74, 6) is -0.273. The van der Waals surface area contributed by atoms with E-state index in [2.05, 4.69) is 5.32 Å². The van der Waals surface area contributed by atoms with Crippen molar-refractivity contribution in [1.29, 1.82) is 0 Å². The van der Waals surface area contributed by atoms with Gasteiger partial charge in [-0.05, 0) is 20.8 Å². The molecular formula is C17H24N4O5. The minimum absolute atomic E-state index is 0.184. The van der Waals surface area contributed by atoms with Crippen LogP contribution in [-0.4, -0.2) is 57.9 Å². The molecule has 0 aliphatic carbocycles. The maximum Gasteiger partial charge on any atom is 0.410 e. The monoisotopic (exact) mass is 364 g/mol. The third-order valence-corrected chi connectivity index (χ3v) is 5.07. The summed E-state index contributed by atoms with van der Waals surface area (Å²) in [7, 11) is 0. The number of hydrogen-bond acceptors (Lipinski definition) is 5. The Kier molecular flexibility index (Phi) is 3.69. The number of nitrogens with one attached hydrogen (secondary N) is 1. The summed E-state index contributed by atoms with van der Waals surface area (Å²) in [5, 5.41) is 2.91. The minimum atomic E-state index is -0.597. The molecule has 1 fully saturated rings. The van der Waals surface area contributed by atoms with Gasteiger partial charge in [-0.2, -0.15) is 0 Å². The van der Waals surface area contributed by atoms with Crippen LogP contribution < -0.4 is 11.0 Å². The Morgan fingerprint density at radius 1 is 1.19 bits per heavy atom. The zero-order valence-corrected chi connectivity index (χ0v) is 15.3. The topological polar surface area (TPSA) is 94.8 Å². The summed E-state index contributed by atoms with van der Waals surface area (Å²) in [5.41, 5.74) is -0.0800. The lowest BCUT2D eigenvalue weighted by atomic mass is 9.86. The molecule has 1 N–H and O–H groups in total. The highest BCUT2D eigenvalue weighted by Gasteiger charge is 2.44. The molecule has 0 aromatic carbocycles. The molecule has 4 heterocycles. The van der Waals surface area contributed by atoms with E-state index >= 15 is 0 Å². The fraction of sp³-hybridized carbons (Fsp3) is 0.706. The summed E-state index contributed by atoms with van der Waals surface area (Å²) in [6.45, 7) is 8.34. The smallest absolute Gasteiger partial charge is 0.410 e. The van der Waals surface area contributed by atoms with Crippen molar-refractivity contribution in [2.24, 2.45) is 5.41 Å². The van der Waals surface area contributed by atoms with Gasteiger partial charge < -0.3 is 19.7 Å². The number of aromatic nitrogens is 2. The first-order chi connectivity index (χ1) is 12.2. The van der Waals surface area contributed by atoms with Crippen molar-refractivity contribution in [3.8, 4) is 0 Å². The molecule has 0 saturated carbocycles. The molecule has 9 nitrogen and oxygen atoms in total. The van der Waals surface area contributed by atoms with Gasteiger partial charge in [0.2, 0.25) is 0 Å². The van der Waals surface area contributed by atoms with Gasteiger partial charge in [0, 0.05) is 26.2 Å². The predicted octanol–water partition coefficient (Wildman–Crippen LogP) is 0.161. The third kappa shape index (κ3) is 2.70. The molecule has 1 spiro atoms. The molecule has 1 saturated heterocycles. The van der Waals surface area contributed by atoms with Gasteiger partial charge in [0.1, 0.15) is 11.3 Å². The van der Waals surface area contributed by atoms with E-state index in [9.17, 15) is 14.4 Å². The molecule has 26 heavy (non-hydrogen) atoms. The van der Waals surface area contributed by atoms with E-state index in [0.717, 1.165) is 0 Å². The van der Waals surface area contributed by atoms with E-state index < -0.39 is 11.7 Å². The van der Waals surface area contributed by atoms with Crippen molar-refractivity contribution in [3.05, 3.63) is 21.9 Å². The van der Waals surface area contributed by atoms with Crippen LogP contribution in [0.4, 0.5) is 4.79 Å². The number of carbonyl (C=O) groups is 2. The number of amides is 2. The van der Waals surface area contributed by atoms with Crippen LogP contribution in [-0.2, 0) is 29.1 Å². The molecule has 1 aromatic rings. The standard InChI is InChI=1S/C17H24N4O5/c1-16(2,3)26-15(24)19-4-5-20-11(6-19)12-13(22)18-7-17(9-25-10-17)8-21(12)14(20)23/h4-10H2,1-3H3,(H,18,22). The summed E-state index contributed by atoms with van der Waals surface area (Å²) in [6.07, 6.45) is -0.436. The first-order valence-corrected chi connectivity index (χ1v) is 8.85. The van der Waals surface area contributed by atoms with Crippen molar-refractivity contribution < 1.29 is 19.1 Å². The average Bonchev–Trinajstić information content (AvgIpc) is 2.69. The zero-order valence-electron chi connectivity index (χ0n) is 15.3. The summed E-state index contributed by atoms with van der Waals surface area (Å²) >= 11 is 0. The largest absolute Gasteiger partial charge is 0.444 e. The van der Waals surface area contributed by atoms with Gasteiger partial charge in [0.15, 0.2) is 0 Å². The molecule has 2 amide bonds. The summed E-state index contributed by atoms with van der Waals surface area (Å²) < 4.78 is 13.9. The van der Waals surface area contributed by atoms with E-state index in [4.69, 9.17) is 9.47 Å². The molecule has 3 aliphatic heterocycles. The Hall–Kier alpha value is -2.29. The van der Waals surface area contributed by atoms with Crippen LogP contribution in [0.1, 0.15) is 37.0 Å². The Morgan fingerprint density at radius 3 is 2.54 bits per heavy atom. The first-order valence-electron chi connectivity index (χ1n) is 8.85. The van der Waals surface area contributed by atoms with E-state index in [1.54, 1.807) is 14.0 Å².